The van der Waals surface area contributed by atoms with Gasteiger partial charge >= 0.3 is 0 Å². The van der Waals surface area contributed by atoms with Crippen LogP contribution in [0.15, 0.2) is 18.2 Å². The number of likely N-dealkylation sites (N-methyl/N-ethyl adjacent to an activating group) is 1. The second kappa shape index (κ2) is 5.61. The third kappa shape index (κ3) is 2.89. The van der Waals surface area contributed by atoms with Crippen molar-refractivity contribution in [3.63, 3.8) is 0 Å². The maximum atomic E-state index is 12.5. The molecular weight excluding hydrogens is 240 g/mol. The number of rotatable bonds is 2. The molecule has 1 aliphatic rings. The lowest BCUT2D eigenvalue weighted by molar-refractivity contribution is 0.0527. The number of carbonyl (C=O) groups is 1. The van der Waals surface area contributed by atoms with Crippen LogP contribution in [0.25, 0.3) is 0 Å². The van der Waals surface area contributed by atoms with E-state index in [1.165, 1.54) is 0 Å². The molecule has 0 radical (unpaired) electrons. The number of phenolic OH excluding ortho intramolecular Hbond substituents is 1. The molecule has 0 aromatic heterocycles. The number of aromatic hydroxyl groups is 1. The summed E-state index contributed by atoms with van der Waals surface area (Å²) in [4.78, 5) is 16.8. The van der Waals surface area contributed by atoms with E-state index in [1.807, 2.05) is 11.8 Å². The molecule has 1 unspecified atom stereocenters. The minimum atomic E-state index is 0.0695. The van der Waals surface area contributed by atoms with E-state index in [0.29, 0.717) is 11.6 Å². The zero-order valence-electron chi connectivity index (χ0n) is 11.9. The van der Waals surface area contributed by atoms with Crippen molar-refractivity contribution in [2.75, 3.05) is 26.2 Å². The standard InChI is InChI=1S/C15H22N2O2/c1-4-16-7-8-17(10-12(16)3)15(19)14-6-5-13(18)9-11(14)2/h5-6,9,12,18H,4,7-8,10H2,1-3H3. The molecule has 1 aliphatic heterocycles. The smallest absolute Gasteiger partial charge is 0.254 e. The highest BCUT2D eigenvalue weighted by molar-refractivity contribution is 5.95. The van der Waals surface area contributed by atoms with Gasteiger partial charge in [-0.3, -0.25) is 9.69 Å². The summed E-state index contributed by atoms with van der Waals surface area (Å²) in [5.74, 6) is 0.276. The van der Waals surface area contributed by atoms with Crippen molar-refractivity contribution in [2.45, 2.75) is 26.8 Å². The highest BCUT2D eigenvalue weighted by Crippen LogP contribution is 2.19. The molecule has 1 amide bonds. The van der Waals surface area contributed by atoms with Gasteiger partial charge in [0.1, 0.15) is 5.75 Å². The number of piperazine rings is 1. The third-order valence-electron chi connectivity index (χ3n) is 3.90. The van der Waals surface area contributed by atoms with Gasteiger partial charge in [-0.15, -0.1) is 0 Å². The Labute approximate surface area is 114 Å². The van der Waals surface area contributed by atoms with Crippen LogP contribution in [-0.4, -0.2) is 53.0 Å². The third-order valence-corrected chi connectivity index (χ3v) is 3.90. The fourth-order valence-corrected chi connectivity index (χ4v) is 2.71. The van der Waals surface area contributed by atoms with Gasteiger partial charge in [0, 0.05) is 31.2 Å². The summed E-state index contributed by atoms with van der Waals surface area (Å²) in [6.07, 6.45) is 0. The number of carbonyl (C=O) groups excluding carboxylic acids is 1. The predicted octanol–water partition coefficient (Wildman–Crippen LogP) is 1.87. The maximum absolute atomic E-state index is 12.5. The summed E-state index contributed by atoms with van der Waals surface area (Å²) < 4.78 is 0. The molecule has 4 heteroatoms. The topological polar surface area (TPSA) is 43.8 Å². The highest BCUT2D eigenvalue weighted by atomic mass is 16.3. The molecule has 2 rings (SSSR count). The molecule has 1 heterocycles. The lowest BCUT2D eigenvalue weighted by Crippen LogP contribution is -2.53. The Kier molecular flexibility index (Phi) is 4.10. The summed E-state index contributed by atoms with van der Waals surface area (Å²) in [5, 5.41) is 9.41. The van der Waals surface area contributed by atoms with E-state index < -0.39 is 0 Å². The summed E-state index contributed by atoms with van der Waals surface area (Å²) in [7, 11) is 0. The molecule has 1 N–H and O–H groups in total. The molecular formula is C15H22N2O2. The summed E-state index contributed by atoms with van der Waals surface area (Å²) in [5.41, 5.74) is 1.52. The number of amides is 1. The molecule has 1 atom stereocenters. The van der Waals surface area contributed by atoms with E-state index in [9.17, 15) is 9.90 Å². The molecule has 19 heavy (non-hydrogen) atoms. The largest absolute Gasteiger partial charge is 0.508 e. The first-order valence-electron chi connectivity index (χ1n) is 6.86. The minimum absolute atomic E-state index is 0.0695. The summed E-state index contributed by atoms with van der Waals surface area (Å²) in [6.45, 7) is 9.68. The molecule has 0 spiro atoms. The van der Waals surface area contributed by atoms with Gasteiger partial charge in [0.25, 0.3) is 5.91 Å². The van der Waals surface area contributed by atoms with Gasteiger partial charge in [0.05, 0.1) is 0 Å². The van der Waals surface area contributed by atoms with Crippen LogP contribution >= 0.6 is 0 Å². The van der Waals surface area contributed by atoms with Crippen LogP contribution in [0.5, 0.6) is 5.75 Å². The quantitative estimate of drug-likeness (QED) is 0.885. The van der Waals surface area contributed by atoms with Crippen LogP contribution in [0, 0.1) is 6.92 Å². The van der Waals surface area contributed by atoms with Gasteiger partial charge in [0.2, 0.25) is 0 Å². The van der Waals surface area contributed by atoms with Crippen LogP contribution in [0.2, 0.25) is 0 Å². The first-order chi connectivity index (χ1) is 9.02. The predicted molar refractivity (Wildman–Crippen MR) is 75.5 cm³/mol. The summed E-state index contributed by atoms with van der Waals surface area (Å²) >= 11 is 0. The minimum Gasteiger partial charge on any atom is -0.508 e. The van der Waals surface area contributed by atoms with Crippen LogP contribution in [-0.2, 0) is 0 Å². The number of benzene rings is 1. The second-order valence-electron chi connectivity index (χ2n) is 5.23. The van der Waals surface area contributed by atoms with Crippen LogP contribution in [0.1, 0.15) is 29.8 Å². The van der Waals surface area contributed by atoms with Gasteiger partial charge in [-0.25, -0.2) is 0 Å². The van der Waals surface area contributed by atoms with E-state index in [2.05, 4.69) is 18.7 Å². The highest BCUT2D eigenvalue weighted by Gasteiger charge is 2.26. The number of hydrogen-bond acceptors (Lipinski definition) is 3. The zero-order valence-corrected chi connectivity index (χ0v) is 11.9. The van der Waals surface area contributed by atoms with Crippen molar-refractivity contribution < 1.29 is 9.90 Å². The van der Waals surface area contributed by atoms with Gasteiger partial charge < -0.3 is 10.0 Å². The molecule has 1 aromatic rings. The molecule has 0 saturated carbocycles. The molecule has 0 aliphatic carbocycles. The van der Waals surface area contributed by atoms with Crippen molar-refractivity contribution in [2.24, 2.45) is 0 Å². The number of hydrogen-bond donors (Lipinski definition) is 1. The maximum Gasteiger partial charge on any atom is 0.254 e. The van der Waals surface area contributed by atoms with E-state index >= 15 is 0 Å². The van der Waals surface area contributed by atoms with E-state index in [4.69, 9.17) is 0 Å². The Morgan fingerprint density at radius 3 is 2.74 bits per heavy atom. The van der Waals surface area contributed by atoms with E-state index in [1.54, 1.807) is 18.2 Å². The fraction of sp³-hybridized carbons (Fsp3) is 0.533. The van der Waals surface area contributed by atoms with Gasteiger partial charge in [-0.2, -0.15) is 0 Å². The van der Waals surface area contributed by atoms with Crippen LogP contribution in [0.3, 0.4) is 0 Å². The van der Waals surface area contributed by atoms with Crippen molar-refractivity contribution in [3.8, 4) is 5.75 Å². The van der Waals surface area contributed by atoms with Gasteiger partial charge in [0.15, 0.2) is 0 Å². The first kappa shape index (κ1) is 13.9. The van der Waals surface area contributed by atoms with E-state index in [-0.39, 0.29) is 11.7 Å². The van der Waals surface area contributed by atoms with Crippen molar-refractivity contribution in [3.05, 3.63) is 29.3 Å². The molecule has 104 valence electrons. The average Bonchev–Trinajstić information content (AvgIpc) is 2.38. The normalized spacial score (nSPS) is 20.6. The second-order valence-corrected chi connectivity index (χ2v) is 5.23. The van der Waals surface area contributed by atoms with Crippen LogP contribution < -0.4 is 0 Å². The molecule has 1 saturated heterocycles. The van der Waals surface area contributed by atoms with Crippen LogP contribution in [0.4, 0.5) is 0 Å². The van der Waals surface area contributed by atoms with Gasteiger partial charge in [-0.1, -0.05) is 6.92 Å². The first-order valence-corrected chi connectivity index (χ1v) is 6.86. The SMILES string of the molecule is CCN1CCN(C(=O)c2ccc(O)cc2C)CC1C. The Hall–Kier alpha value is -1.55. The van der Waals surface area contributed by atoms with Crippen molar-refractivity contribution >= 4 is 5.91 Å². The Morgan fingerprint density at radius 2 is 2.16 bits per heavy atom. The lowest BCUT2D eigenvalue weighted by atomic mass is 10.1. The fourth-order valence-electron chi connectivity index (χ4n) is 2.71. The molecule has 4 nitrogen and oxygen atoms in total. The van der Waals surface area contributed by atoms with E-state index in [0.717, 1.165) is 31.7 Å². The molecule has 1 fully saturated rings. The van der Waals surface area contributed by atoms with Crippen molar-refractivity contribution in [1.29, 1.82) is 0 Å². The lowest BCUT2D eigenvalue weighted by Gasteiger charge is -2.39. The number of phenols is 1. The number of nitrogens with zero attached hydrogens (tertiary/aromatic N) is 2. The average molecular weight is 262 g/mol. The summed E-state index contributed by atoms with van der Waals surface area (Å²) in [6, 6.07) is 5.33. The monoisotopic (exact) mass is 262 g/mol. The zero-order chi connectivity index (χ0) is 14.0. The molecule has 1 aromatic carbocycles. The molecule has 0 bridgehead atoms. The van der Waals surface area contributed by atoms with Gasteiger partial charge in [-0.05, 0) is 44.2 Å². The number of aryl methyl sites for hydroxylation is 1. The Bertz CT molecular complexity index is 473. The Balaban J connectivity index is 2.12. The van der Waals surface area contributed by atoms with Crippen molar-refractivity contribution in [1.82, 2.24) is 9.80 Å². The Morgan fingerprint density at radius 1 is 1.42 bits per heavy atom.